The van der Waals surface area contributed by atoms with Crippen molar-refractivity contribution in [3.05, 3.63) is 0 Å². The summed E-state index contributed by atoms with van der Waals surface area (Å²) >= 11 is 0. The number of morpholine rings is 1. The van der Waals surface area contributed by atoms with Gasteiger partial charge in [0.2, 0.25) is 0 Å². The minimum absolute atomic E-state index is 0. The summed E-state index contributed by atoms with van der Waals surface area (Å²) in [6.45, 7) is 12.2. The molecule has 1 saturated carbocycles. The van der Waals surface area contributed by atoms with Crippen molar-refractivity contribution in [3.63, 3.8) is 0 Å². The fourth-order valence-corrected chi connectivity index (χ4v) is 5.50. The zero-order chi connectivity index (χ0) is 19.8. The van der Waals surface area contributed by atoms with Gasteiger partial charge in [0.25, 0.3) is 0 Å². The third-order valence-corrected chi connectivity index (χ3v) is 6.86. The summed E-state index contributed by atoms with van der Waals surface area (Å²) in [7, 11) is 1.89. The molecule has 0 aromatic rings. The number of rotatable bonds is 8. The van der Waals surface area contributed by atoms with Gasteiger partial charge in [-0.05, 0) is 37.0 Å². The Morgan fingerprint density at radius 3 is 2.41 bits per heavy atom. The van der Waals surface area contributed by atoms with Crippen LogP contribution in [0.3, 0.4) is 0 Å². The third kappa shape index (κ3) is 7.51. The molecule has 6 nitrogen and oxygen atoms in total. The fourth-order valence-electron chi connectivity index (χ4n) is 5.50. The van der Waals surface area contributed by atoms with Crippen LogP contribution in [0.5, 0.6) is 0 Å². The molecule has 7 heteroatoms. The van der Waals surface area contributed by atoms with Gasteiger partial charge in [0.05, 0.1) is 19.8 Å². The standard InChI is InChI=1S/C22H42N4O2.HI/c1-18(2)14-22(7-4-5-8-22)17-25-21(23-3)24-15-20(19-6-11-28-16-19)26-9-12-27-13-10-26;/h18-20H,4-17H2,1-3H3,(H2,23,24,25);1H. The largest absolute Gasteiger partial charge is 0.381 e. The van der Waals surface area contributed by atoms with Gasteiger partial charge in [-0.15, -0.1) is 24.0 Å². The summed E-state index contributed by atoms with van der Waals surface area (Å²) in [5.74, 6) is 2.31. The van der Waals surface area contributed by atoms with E-state index in [4.69, 9.17) is 9.47 Å². The monoisotopic (exact) mass is 522 g/mol. The molecule has 3 fully saturated rings. The number of ether oxygens (including phenoxy) is 2. The third-order valence-electron chi connectivity index (χ3n) is 6.86. The van der Waals surface area contributed by atoms with Crippen molar-refractivity contribution in [3.8, 4) is 0 Å². The predicted molar refractivity (Wildman–Crippen MR) is 130 cm³/mol. The Morgan fingerprint density at radius 1 is 1.10 bits per heavy atom. The summed E-state index contributed by atoms with van der Waals surface area (Å²) in [4.78, 5) is 7.11. The van der Waals surface area contributed by atoms with Crippen LogP contribution in [0.4, 0.5) is 0 Å². The molecule has 2 heterocycles. The van der Waals surface area contributed by atoms with Crippen LogP contribution in [0, 0.1) is 17.3 Å². The number of hydrogen-bond donors (Lipinski definition) is 2. The van der Waals surface area contributed by atoms with Crippen molar-refractivity contribution in [1.82, 2.24) is 15.5 Å². The molecule has 0 aromatic heterocycles. The summed E-state index contributed by atoms with van der Waals surface area (Å²) in [6, 6.07) is 0.487. The smallest absolute Gasteiger partial charge is 0.191 e. The van der Waals surface area contributed by atoms with Gasteiger partial charge in [0.1, 0.15) is 0 Å². The van der Waals surface area contributed by atoms with Gasteiger partial charge in [-0.3, -0.25) is 9.89 Å². The highest BCUT2D eigenvalue weighted by Crippen LogP contribution is 2.42. The van der Waals surface area contributed by atoms with E-state index in [2.05, 4.69) is 34.4 Å². The second kappa shape index (κ2) is 12.7. The van der Waals surface area contributed by atoms with Gasteiger partial charge in [0.15, 0.2) is 5.96 Å². The average Bonchev–Trinajstić information content (AvgIpc) is 3.38. The zero-order valence-corrected chi connectivity index (χ0v) is 21.1. The van der Waals surface area contributed by atoms with Gasteiger partial charge in [-0.1, -0.05) is 26.7 Å². The SMILES string of the molecule is CN=C(NCC(C1CCOC1)N1CCOCC1)NCC1(CC(C)C)CCCC1.I. The van der Waals surface area contributed by atoms with Crippen LogP contribution in [0.1, 0.15) is 52.4 Å². The molecule has 170 valence electrons. The highest BCUT2D eigenvalue weighted by atomic mass is 127. The molecule has 2 atom stereocenters. The summed E-state index contributed by atoms with van der Waals surface area (Å²) in [5, 5.41) is 7.31. The molecular formula is C22H43IN4O2. The molecule has 2 aliphatic heterocycles. The van der Waals surface area contributed by atoms with E-state index in [1.807, 2.05) is 7.05 Å². The lowest BCUT2D eigenvalue weighted by atomic mass is 9.78. The number of halogens is 1. The molecule has 2 unspecified atom stereocenters. The number of aliphatic imine (C=N–C) groups is 1. The molecule has 2 saturated heterocycles. The first-order chi connectivity index (χ1) is 13.6. The molecule has 29 heavy (non-hydrogen) atoms. The van der Waals surface area contributed by atoms with E-state index in [9.17, 15) is 0 Å². The van der Waals surface area contributed by atoms with E-state index in [0.29, 0.717) is 17.4 Å². The lowest BCUT2D eigenvalue weighted by Crippen LogP contribution is -2.54. The first-order valence-electron chi connectivity index (χ1n) is 11.5. The van der Waals surface area contributed by atoms with Crippen LogP contribution in [-0.4, -0.2) is 76.6 Å². The molecule has 0 spiro atoms. The van der Waals surface area contributed by atoms with Crippen molar-refractivity contribution < 1.29 is 9.47 Å². The van der Waals surface area contributed by atoms with Crippen LogP contribution >= 0.6 is 24.0 Å². The second-order valence-electron chi connectivity index (χ2n) is 9.45. The van der Waals surface area contributed by atoms with Crippen molar-refractivity contribution in [2.75, 3.05) is 59.7 Å². The van der Waals surface area contributed by atoms with Crippen LogP contribution < -0.4 is 10.6 Å². The Kier molecular flexibility index (Phi) is 11.0. The van der Waals surface area contributed by atoms with Crippen LogP contribution in [-0.2, 0) is 9.47 Å². The normalized spacial score (nSPS) is 26.3. The topological polar surface area (TPSA) is 58.1 Å². The van der Waals surface area contributed by atoms with Gasteiger partial charge < -0.3 is 20.1 Å². The molecule has 3 rings (SSSR count). The summed E-state index contributed by atoms with van der Waals surface area (Å²) < 4.78 is 11.3. The number of nitrogens with one attached hydrogen (secondary N) is 2. The highest BCUT2D eigenvalue weighted by Gasteiger charge is 2.35. The number of hydrogen-bond acceptors (Lipinski definition) is 4. The molecular weight excluding hydrogens is 479 g/mol. The number of nitrogens with zero attached hydrogens (tertiary/aromatic N) is 2. The Hall–Kier alpha value is -0.120. The maximum Gasteiger partial charge on any atom is 0.191 e. The fraction of sp³-hybridized carbons (Fsp3) is 0.955. The maximum absolute atomic E-state index is 5.70. The predicted octanol–water partition coefficient (Wildman–Crippen LogP) is 3.11. The average molecular weight is 523 g/mol. The Bertz CT molecular complexity index is 485. The minimum Gasteiger partial charge on any atom is -0.381 e. The summed E-state index contributed by atoms with van der Waals surface area (Å²) in [6.07, 6.45) is 7.93. The molecule has 3 aliphatic rings. The Labute approximate surface area is 195 Å². The van der Waals surface area contributed by atoms with Crippen molar-refractivity contribution in [2.24, 2.45) is 22.2 Å². The molecule has 2 N–H and O–H groups in total. The van der Waals surface area contributed by atoms with Crippen LogP contribution in [0.2, 0.25) is 0 Å². The first kappa shape index (κ1) is 25.1. The zero-order valence-electron chi connectivity index (χ0n) is 18.8. The van der Waals surface area contributed by atoms with Crippen LogP contribution in [0.15, 0.2) is 4.99 Å². The molecule has 1 aliphatic carbocycles. The van der Waals surface area contributed by atoms with Gasteiger partial charge in [-0.25, -0.2) is 0 Å². The van der Waals surface area contributed by atoms with Crippen LogP contribution in [0.25, 0.3) is 0 Å². The van der Waals surface area contributed by atoms with E-state index >= 15 is 0 Å². The van der Waals surface area contributed by atoms with E-state index in [0.717, 1.165) is 70.9 Å². The van der Waals surface area contributed by atoms with Gasteiger partial charge in [-0.2, -0.15) is 0 Å². The van der Waals surface area contributed by atoms with E-state index in [1.54, 1.807) is 0 Å². The first-order valence-corrected chi connectivity index (χ1v) is 11.5. The Morgan fingerprint density at radius 2 is 1.83 bits per heavy atom. The van der Waals surface area contributed by atoms with Gasteiger partial charge >= 0.3 is 0 Å². The highest BCUT2D eigenvalue weighted by molar-refractivity contribution is 14.0. The molecule has 0 radical (unpaired) electrons. The lowest BCUT2D eigenvalue weighted by molar-refractivity contribution is 0.00245. The lowest BCUT2D eigenvalue weighted by Gasteiger charge is -2.38. The second-order valence-corrected chi connectivity index (χ2v) is 9.45. The molecule has 0 aromatic carbocycles. The van der Waals surface area contributed by atoms with Crippen molar-refractivity contribution >= 4 is 29.9 Å². The molecule has 0 amide bonds. The van der Waals surface area contributed by atoms with E-state index in [-0.39, 0.29) is 24.0 Å². The van der Waals surface area contributed by atoms with E-state index < -0.39 is 0 Å². The summed E-state index contributed by atoms with van der Waals surface area (Å²) in [5.41, 5.74) is 0.453. The Balaban J connectivity index is 0.00000300. The quantitative estimate of drug-likeness (QED) is 0.292. The molecule has 0 bridgehead atoms. The van der Waals surface area contributed by atoms with Crippen molar-refractivity contribution in [1.29, 1.82) is 0 Å². The van der Waals surface area contributed by atoms with Gasteiger partial charge in [0, 0.05) is 51.8 Å². The maximum atomic E-state index is 5.70. The number of guanidine groups is 1. The van der Waals surface area contributed by atoms with E-state index in [1.165, 1.54) is 32.1 Å². The minimum atomic E-state index is 0. The van der Waals surface area contributed by atoms with Crippen molar-refractivity contribution in [2.45, 2.75) is 58.4 Å².